The van der Waals surface area contributed by atoms with Gasteiger partial charge in [-0.3, -0.25) is 29.3 Å². The number of carbonyl (C=O) groups is 3. The lowest BCUT2D eigenvalue weighted by Crippen LogP contribution is -2.36. The van der Waals surface area contributed by atoms with Crippen molar-refractivity contribution in [2.75, 3.05) is 11.9 Å². The number of fused-ring (bicyclic) bond motifs is 1. The molecule has 9 heteroatoms. The molecule has 4 rings (SSSR count). The number of nitrogens with one attached hydrogen (secondary N) is 1. The Bertz CT molecular complexity index is 1080. The highest BCUT2D eigenvalue weighted by Gasteiger charge is 2.36. The number of anilines is 1. The van der Waals surface area contributed by atoms with Crippen molar-refractivity contribution < 1.29 is 18.8 Å². The highest BCUT2D eigenvalue weighted by Crippen LogP contribution is 2.32. The van der Waals surface area contributed by atoms with Crippen LogP contribution in [0.3, 0.4) is 0 Å². The third-order valence-electron chi connectivity index (χ3n) is 3.74. The summed E-state index contributed by atoms with van der Waals surface area (Å²) in [7, 11) is 0. The molecule has 2 aromatic heterocycles. The molecule has 0 aliphatic carbocycles. The Morgan fingerprint density at radius 2 is 2.00 bits per heavy atom. The van der Waals surface area contributed by atoms with Gasteiger partial charge in [-0.2, -0.15) is 0 Å². The Balaban J connectivity index is 1.45. The summed E-state index contributed by atoms with van der Waals surface area (Å²) in [5.74, 6) is -0.553. The van der Waals surface area contributed by atoms with E-state index in [-0.39, 0.29) is 11.4 Å². The van der Waals surface area contributed by atoms with Gasteiger partial charge in [0.05, 0.1) is 22.2 Å². The first-order valence-electron chi connectivity index (χ1n) is 7.90. The number of aromatic nitrogens is 2. The van der Waals surface area contributed by atoms with Gasteiger partial charge in [0.1, 0.15) is 12.3 Å². The molecule has 0 bridgehead atoms. The van der Waals surface area contributed by atoms with E-state index >= 15 is 0 Å². The predicted molar refractivity (Wildman–Crippen MR) is 99.6 cm³/mol. The largest absolute Gasteiger partial charge is 0.465 e. The predicted octanol–water partition coefficient (Wildman–Crippen LogP) is 2.90. The number of rotatable bonds is 4. The molecule has 3 heterocycles. The zero-order chi connectivity index (χ0) is 18.8. The van der Waals surface area contributed by atoms with Crippen LogP contribution in [0.4, 0.5) is 10.5 Å². The maximum absolute atomic E-state index is 12.4. The van der Waals surface area contributed by atoms with Gasteiger partial charge >= 0.3 is 0 Å². The van der Waals surface area contributed by atoms with Gasteiger partial charge in [-0.05, 0) is 42.1 Å². The van der Waals surface area contributed by atoms with Gasteiger partial charge in [0.25, 0.3) is 11.1 Å². The minimum absolute atomic E-state index is 0.212. The van der Waals surface area contributed by atoms with Gasteiger partial charge in [0.2, 0.25) is 5.91 Å². The first-order chi connectivity index (χ1) is 13.1. The van der Waals surface area contributed by atoms with Crippen molar-refractivity contribution in [3.8, 4) is 0 Å². The molecule has 1 aliphatic rings. The summed E-state index contributed by atoms with van der Waals surface area (Å²) >= 11 is 0.770. The van der Waals surface area contributed by atoms with Gasteiger partial charge in [0, 0.05) is 24.2 Å². The van der Waals surface area contributed by atoms with E-state index in [1.165, 1.54) is 12.3 Å². The number of amides is 3. The summed E-state index contributed by atoms with van der Waals surface area (Å²) < 4.78 is 5.15. The molecule has 8 nitrogen and oxygen atoms in total. The van der Waals surface area contributed by atoms with E-state index in [4.69, 9.17) is 4.42 Å². The Hall–Kier alpha value is -3.46. The van der Waals surface area contributed by atoms with E-state index in [9.17, 15) is 14.4 Å². The van der Waals surface area contributed by atoms with E-state index in [1.807, 2.05) is 0 Å². The second-order valence-corrected chi connectivity index (χ2v) is 6.58. The molecular weight excluding hydrogens is 368 g/mol. The average Bonchev–Trinajstić information content (AvgIpc) is 3.26. The molecule has 1 saturated heterocycles. The Kier molecular flexibility index (Phi) is 4.43. The van der Waals surface area contributed by atoms with Crippen LogP contribution >= 0.6 is 11.8 Å². The topological polar surface area (TPSA) is 105 Å². The molecule has 134 valence electrons. The third-order valence-corrected chi connectivity index (χ3v) is 4.65. The number of carbonyl (C=O) groups excluding carboxylic acids is 3. The number of hydrogen-bond acceptors (Lipinski definition) is 7. The Morgan fingerprint density at radius 1 is 1.19 bits per heavy atom. The van der Waals surface area contributed by atoms with Crippen LogP contribution in [-0.4, -0.2) is 38.5 Å². The van der Waals surface area contributed by atoms with Gasteiger partial charge in [-0.15, -0.1) is 0 Å². The fourth-order valence-corrected chi connectivity index (χ4v) is 3.34. The van der Waals surface area contributed by atoms with Crippen molar-refractivity contribution in [1.82, 2.24) is 14.9 Å². The molecule has 3 amide bonds. The standard InChI is InChI=1S/C18H12N4O4S/c23-16(21-11-3-4-13-14(8-11)20-6-5-19-13)10-22-17(24)15(27-18(22)25)9-12-2-1-7-26-12/h1-9H,10H2,(H,21,23). The first-order valence-corrected chi connectivity index (χ1v) is 8.71. The summed E-state index contributed by atoms with van der Waals surface area (Å²) in [6.07, 6.45) is 6.08. The van der Waals surface area contributed by atoms with E-state index in [0.29, 0.717) is 22.5 Å². The molecule has 0 unspecified atom stereocenters. The normalized spacial score (nSPS) is 15.7. The van der Waals surface area contributed by atoms with E-state index in [2.05, 4.69) is 15.3 Å². The van der Waals surface area contributed by atoms with Gasteiger partial charge in [0.15, 0.2) is 0 Å². The SMILES string of the molecule is O=C(CN1C(=O)SC(=Cc2ccco2)C1=O)Nc1ccc2nccnc2c1. The van der Waals surface area contributed by atoms with Gasteiger partial charge in [-0.25, -0.2) is 0 Å². The molecule has 1 fully saturated rings. The molecule has 3 aromatic rings. The van der Waals surface area contributed by atoms with E-state index in [1.54, 1.807) is 42.7 Å². The molecule has 1 aliphatic heterocycles. The number of thioether (sulfide) groups is 1. The molecule has 0 saturated carbocycles. The average molecular weight is 380 g/mol. The van der Waals surface area contributed by atoms with Gasteiger partial charge < -0.3 is 9.73 Å². The zero-order valence-electron chi connectivity index (χ0n) is 13.8. The fraction of sp³-hybridized carbons (Fsp3) is 0.0556. The van der Waals surface area contributed by atoms with Crippen LogP contribution in [0.1, 0.15) is 5.76 Å². The lowest BCUT2D eigenvalue weighted by molar-refractivity contribution is -0.127. The molecule has 0 atom stereocenters. The van der Waals surface area contributed by atoms with Crippen LogP contribution in [0.5, 0.6) is 0 Å². The number of imide groups is 1. The van der Waals surface area contributed by atoms with E-state index in [0.717, 1.165) is 16.7 Å². The minimum atomic E-state index is -0.527. The lowest BCUT2D eigenvalue weighted by atomic mass is 10.2. The summed E-state index contributed by atoms with van der Waals surface area (Å²) in [5.41, 5.74) is 1.83. The second kappa shape index (κ2) is 7.04. The van der Waals surface area contributed by atoms with E-state index < -0.39 is 17.1 Å². The molecule has 27 heavy (non-hydrogen) atoms. The smallest absolute Gasteiger partial charge is 0.294 e. The van der Waals surface area contributed by atoms with Crippen LogP contribution in [-0.2, 0) is 9.59 Å². The Labute approximate surface area is 157 Å². The maximum Gasteiger partial charge on any atom is 0.294 e. The van der Waals surface area contributed by atoms with Crippen LogP contribution < -0.4 is 5.32 Å². The van der Waals surface area contributed by atoms with Crippen molar-refractivity contribution in [2.45, 2.75) is 0 Å². The quantitative estimate of drug-likeness (QED) is 0.694. The first kappa shape index (κ1) is 17.0. The van der Waals surface area contributed by atoms with Crippen molar-refractivity contribution in [2.24, 2.45) is 0 Å². The highest BCUT2D eigenvalue weighted by atomic mass is 32.2. The van der Waals surface area contributed by atoms with Gasteiger partial charge in [-0.1, -0.05) is 0 Å². The third kappa shape index (κ3) is 3.58. The Morgan fingerprint density at radius 3 is 2.78 bits per heavy atom. The number of furan rings is 1. The van der Waals surface area contributed by atoms with Crippen LogP contribution in [0, 0.1) is 0 Å². The van der Waals surface area contributed by atoms with Crippen molar-refractivity contribution in [3.63, 3.8) is 0 Å². The lowest BCUT2D eigenvalue weighted by Gasteiger charge is -2.12. The number of hydrogen-bond donors (Lipinski definition) is 1. The number of nitrogens with zero attached hydrogens (tertiary/aromatic N) is 3. The summed E-state index contributed by atoms with van der Waals surface area (Å²) in [5, 5.41) is 2.16. The summed E-state index contributed by atoms with van der Waals surface area (Å²) in [4.78, 5) is 46.2. The summed E-state index contributed by atoms with van der Waals surface area (Å²) in [6.45, 7) is -0.376. The molecule has 0 spiro atoms. The van der Waals surface area contributed by atoms with Crippen molar-refractivity contribution >= 4 is 51.6 Å². The second-order valence-electron chi connectivity index (χ2n) is 5.59. The molecule has 1 aromatic carbocycles. The van der Waals surface area contributed by atoms with Crippen LogP contribution in [0.2, 0.25) is 0 Å². The molecular formula is C18H12N4O4S. The highest BCUT2D eigenvalue weighted by molar-refractivity contribution is 8.18. The monoisotopic (exact) mass is 380 g/mol. The maximum atomic E-state index is 12.4. The van der Waals surface area contributed by atoms with Crippen molar-refractivity contribution in [1.29, 1.82) is 0 Å². The molecule has 0 radical (unpaired) electrons. The van der Waals surface area contributed by atoms with Crippen LogP contribution in [0.25, 0.3) is 17.1 Å². The van der Waals surface area contributed by atoms with Crippen molar-refractivity contribution in [3.05, 3.63) is 59.7 Å². The fourth-order valence-electron chi connectivity index (χ4n) is 2.52. The van der Waals surface area contributed by atoms with Crippen LogP contribution in [0.15, 0.2) is 58.3 Å². The summed E-state index contributed by atoms with van der Waals surface area (Å²) in [6, 6.07) is 8.43. The zero-order valence-corrected chi connectivity index (χ0v) is 14.6. The molecule has 1 N–H and O–H groups in total. The minimum Gasteiger partial charge on any atom is -0.465 e. The number of benzene rings is 1.